The molecular weight excluding hydrogens is 350 g/mol. The number of carbonyl (C=O) groups is 1. The average molecular weight is 371 g/mol. The van der Waals surface area contributed by atoms with Gasteiger partial charge in [-0.25, -0.2) is 8.42 Å². The second-order valence-corrected chi connectivity index (χ2v) is 9.63. The summed E-state index contributed by atoms with van der Waals surface area (Å²) in [6.07, 6.45) is 0.878. The van der Waals surface area contributed by atoms with Crippen LogP contribution in [0.15, 0.2) is 26.9 Å². The molecule has 0 aliphatic carbocycles. The van der Waals surface area contributed by atoms with Gasteiger partial charge in [0.05, 0.1) is 6.54 Å². The van der Waals surface area contributed by atoms with E-state index < -0.39 is 15.6 Å². The Kier molecular flexibility index (Phi) is 4.43. The van der Waals surface area contributed by atoms with E-state index in [0.717, 1.165) is 0 Å². The highest BCUT2D eigenvalue weighted by Crippen LogP contribution is 2.37. The Hall–Kier alpha value is -1.45. The molecule has 1 saturated heterocycles. The topological polar surface area (TPSA) is 79.3 Å². The van der Waals surface area contributed by atoms with Crippen molar-refractivity contribution in [3.63, 3.8) is 0 Å². The number of amides is 1. The smallest absolute Gasteiger partial charge is 0.271 e. The van der Waals surface area contributed by atoms with Crippen LogP contribution in [0.1, 0.15) is 26.7 Å². The summed E-state index contributed by atoms with van der Waals surface area (Å²) >= 11 is 1.20. The standard InChI is InChI=1S/C15H21N3O4S2/c1-11(2)17(3)14(19)12-9-15(22-16-12)6-7-18(10-15)24(20,21)13-5-4-8-23-13/h4-5,8,11H,6-7,9-10H2,1-3H3. The van der Waals surface area contributed by atoms with E-state index in [1.807, 2.05) is 13.8 Å². The first kappa shape index (κ1) is 17.4. The summed E-state index contributed by atoms with van der Waals surface area (Å²) in [7, 11) is -1.78. The maximum absolute atomic E-state index is 12.6. The molecule has 0 bridgehead atoms. The van der Waals surface area contributed by atoms with Gasteiger partial charge in [-0.2, -0.15) is 4.31 Å². The Balaban J connectivity index is 1.70. The van der Waals surface area contributed by atoms with Gasteiger partial charge in [0, 0.05) is 32.5 Å². The van der Waals surface area contributed by atoms with E-state index in [2.05, 4.69) is 5.16 Å². The zero-order chi connectivity index (χ0) is 17.5. The quantitative estimate of drug-likeness (QED) is 0.804. The maximum Gasteiger partial charge on any atom is 0.271 e. The molecule has 3 heterocycles. The van der Waals surface area contributed by atoms with Gasteiger partial charge in [0.15, 0.2) is 5.60 Å². The minimum absolute atomic E-state index is 0.0658. The highest BCUT2D eigenvalue weighted by atomic mass is 32.2. The lowest BCUT2D eigenvalue weighted by Gasteiger charge is -2.23. The van der Waals surface area contributed by atoms with Crippen molar-refractivity contribution >= 4 is 33.0 Å². The van der Waals surface area contributed by atoms with E-state index in [1.165, 1.54) is 15.6 Å². The normalized spacial score (nSPS) is 24.4. The molecule has 1 aromatic heterocycles. The number of carbonyl (C=O) groups excluding carboxylic acids is 1. The van der Waals surface area contributed by atoms with Crippen LogP contribution >= 0.6 is 11.3 Å². The Labute approximate surface area is 145 Å². The molecule has 24 heavy (non-hydrogen) atoms. The summed E-state index contributed by atoms with van der Waals surface area (Å²) in [6, 6.07) is 3.39. The molecular formula is C15H21N3O4S2. The van der Waals surface area contributed by atoms with Crippen LogP contribution in [0, 0.1) is 0 Å². The molecule has 0 aromatic carbocycles. The second kappa shape index (κ2) is 6.12. The highest BCUT2D eigenvalue weighted by Gasteiger charge is 2.50. The lowest BCUT2D eigenvalue weighted by atomic mass is 9.96. The molecule has 3 rings (SSSR count). The van der Waals surface area contributed by atoms with Gasteiger partial charge in [-0.15, -0.1) is 11.3 Å². The molecule has 9 heteroatoms. The van der Waals surface area contributed by atoms with E-state index in [0.29, 0.717) is 29.3 Å². The molecule has 0 N–H and O–H groups in total. The summed E-state index contributed by atoms with van der Waals surface area (Å²) in [5, 5.41) is 5.70. The fourth-order valence-corrected chi connectivity index (χ4v) is 5.50. The van der Waals surface area contributed by atoms with Crippen molar-refractivity contribution in [1.82, 2.24) is 9.21 Å². The fraction of sp³-hybridized carbons (Fsp3) is 0.600. The molecule has 1 atom stereocenters. The first-order valence-corrected chi connectivity index (χ1v) is 10.1. The van der Waals surface area contributed by atoms with Gasteiger partial charge in [0.25, 0.3) is 15.9 Å². The van der Waals surface area contributed by atoms with Crippen LogP contribution in [-0.4, -0.2) is 61.0 Å². The van der Waals surface area contributed by atoms with Crippen molar-refractivity contribution in [2.45, 2.75) is 42.5 Å². The number of hydrogen-bond donors (Lipinski definition) is 0. The largest absolute Gasteiger partial charge is 0.387 e. The van der Waals surface area contributed by atoms with E-state index in [1.54, 1.807) is 29.5 Å². The number of sulfonamides is 1. The Bertz CT molecular complexity index is 758. The van der Waals surface area contributed by atoms with Crippen LogP contribution in [0.4, 0.5) is 0 Å². The number of hydrogen-bond acceptors (Lipinski definition) is 6. The molecule has 1 aromatic rings. The minimum Gasteiger partial charge on any atom is -0.387 e. The van der Waals surface area contributed by atoms with Gasteiger partial charge in [0.2, 0.25) is 0 Å². The van der Waals surface area contributed by atoms with Crippen LogP contribution in [0.3, 0.4) is 0 Å². The Morgan fingerprint density at radius 1 is 1.50 bits per heavy atom. The van der Waals surface area contributed by atoms with E-state index in [4.69, 9.17) is 4.84 Å². The predicted octanol–water partition coefficient (Wildman–Crippen LogP) is 1.52. The van der Waals surface area contributed by atoms with Crippen molar-refractivity contribution in [2.24, 2.45) is 5.16 Å². The zero-order valence-electron chi connectivity index (χ0n) is 13.9. The SMILES string of the molecule is CC(C)N(C)C(=O)C1=NOC2(CCN(S(=O)(=O)c3cccs3)C2)C1. The van der Waals surface area contributed by atoms with Crippen LogP contribution in [-0.2, 0) is 19.7 Å². The third kappa shape index (κ3) is 2.96. The van der Waals surface area contributed by atoms with E-state index in [-0.39, 0.29) is 18.5 Å². The van der Waals surface area contributed by atoms with Gasteiger partial charge in [0.1, 0.15) is 9.92 Å². The van der Waals surface area contributed by atoms with Crippen molar-refractivity contribution in [1.29, 1.82) is 0 Å². The van der Waals surface area contributed by atoms with Gasteiger partial charge in [-0.1, -0.05) is 11.2 Å². The third-order valence-electron chi connectivity index (χ3n) is 4.55. The molecule has 0 radical (unpaired) electrons. The minimum atomic E-state index is -3.50. The summed E-state index contributed by atoms with van der Waals surface area (Å²) < 4.78 is 27.0. The fourth-order valence-electron chi connectivity index (χ4n) is 2.84. The van der Waals surface area contributed by atoms with Gasteiger partial charge < -0.3 is 9.74 Å². The van der Waals surface area contributed by atoms with Crippen molar-refractivity contribution in [3.8, 4) is 0 Å². The molecule has 0 saturated carbocycles. The second-order valence-electron chi connectivity index (χ2n) is 6.52. The summed E-state index contributed by atoms with van der Waals surface area (Å²) in [4.78, 5) is 19.5. The average Bonchev–Trinajstić information content (AvgIpc) is 3.27. The molecule has 1 amide bonds. The Morgan fingerprint density at radius 2 is 2.25 bits per heavy atom. The van der Waals surface area contributed by atoms with E-state index in [9.17, 15) is 13.2 Å². The first-order valence-electron chi connectivity index (χ1n) is 7.81. The summed E-state index contributed by atoms with van der Waals surface area (Å²) in [6.45, 7) is 4.44. The maximum atomic E-state index is 12.6. The van der Waals surface area contributed by atoms with Crippen molar-refractivity contribution in [2.75, 3.05) is 20.1 Å². The third-order valence-corrected chi connectivity index (χ3v) is 7.77. The number of rotatable bonds is 4. The molecule has 132 valence electrons. The molecule has 7 nitrogen and oxygen atoms in total. The summed E-state index contributed by atoms with van der Waals surface area (Å²) in [5.41, 5.74) is -0.353. The molecule has 1 unspecified atom stereocenters. The lowest BCUT2D eigenvalue weighted by molar-refractivity contribution is -0.124. The first-order chi connectivity index (χ1) is 11.3. The molecule has 2 aliphatic heterocycles. The number of oxime groups is 1. The van der Waals surface area contributed by atoms with Crippen LogP contribution < -0.4 is 0 Å². The molecule has 1 spiro atoms. The lowest BCUT2D eigenvalue weighted by Crippen LogP contribution is -2.40. The van der Waals surface area contributed by atoms with Gasteiger partial charge in [-0.05, 0) is 25.3 Å². The van der Waals surface area contributed by atoms with E-state index >= 15 is 0 Å². The molecule has 1 fully saturated rings. The zero-order valence-corrected chi connectivity index (χ0v) is 15.6. The molecule has 2 aliphatic rings. The Morgan fingerprint density at radius 3 is 2.88 bits per heavy atom. The van der Waals surface area contributed by atoms with Crippen molar-refractivity contribution in [3.05, 3.63) is 17.5 Å². The highest BCUT2D eigenvalue weighted by molar-refractivity contribution is 7.91. The van der Waals surface area contributed by atoms with Crippen LogP contribution in [0.25, 0.3) is 0 Å². The van der Waals surface area contributed by atoms with Gasteiger partial charge in [-0.3, -0.25) is 4.79 Å². The van der Waals surface area contributed by atoms with Crippen LogP contribution in [0.5, 0.6) is 0 Å². The van der Waals surface area contributed by atoms with Crippen LogP contribution in [0.2, 0.25) is 0 Å². The number of thiophene rings is 1. The number of nitrogens with zero attached hydrogens (tertiary/aromatic N) is 3. The monoisotopic (exact) mass is 371 g/mol. The summed E-state index contributed by atoms with van der Waals surface area (Å²) in [5.74, 6) is -0.165. The van der Waals surface area contributed by atoms with Crippen molar-refractivity contribution < 1.29 is 18.0 Å². The van der Waals surface area contributed by atoms with Gasteiger partial charge >= 0.3 is 0 Å². The predicted molar refractivity (Wildman–Crippen MR) is 91.5 cm³/mol.